The average Bonchev–Trinajstić information content (AvgIpc) is 3.02. The lowest BCUT2D eigenvalue weighted by Crippen LogP contribution is -2.09. The van der Waals surface area contributed by atoms with E-state index in [1.54, 1.807) is 47.9 Å². The molecule has 130 valence electrons. The fraction of sp³-hybridized carbons (Fsp3) is 0.105. The van der Waals surface area contributed by atoms with Crippen LogP contribution in [0, 0.1) is 5.82 Å². The number of hydrogen-bond donors (Lipinski definition) is 1. The molecule has 0 saturated heterocycles. The van der Waals surface area contributed by atoms with Crippen molar-refractivity contribution in [1.29, 1.82) is 0 Å². The number of aliphatic imine (C=N–C) groups is 1. The number of carboxylic acids is 1. The van der Waals surface area contributed by atoms with Crippen molar-refractivity contribution in [3.05, 3.63) is 82.1 Å². The van der Waals surface area contributed by atoms with Gasteiger partial charge in [-0.2, -0.15) is 0 Å². The van der Waals surface area contributed by atoms with Crippen molar-refractivity contribution in [3.63, 3.8) is 0 Å². The van der Waals surface area contributed by atoms with Crippen LogP contribution >= 0.6 is 11.6 Å². The van der Waals surface area contributed by atoms with Gasteiger partial charge in [0.25, 0.3) is 0 Å². The van der Waals surface area contributed by atoms with E-state index in [1.165, 1.54) is 12.3 Å². The molecule has 0 fully saturated rings. The molecular formula is C19H13ClFN3O2. The van der Waals surface area contributed by atoms with Gasteiger partial charge in [-0.1, -0.05) is 23.7 Å². The molecule has 0 radical (unpaired) electrons. The highest BCUT2D eigenvalue weighted by atomic mass is 35.5. The summed E-state index contributed by atoms with van der Waals surface area (Å²) in [4.78, 5) is 20.2. The zero-order valence-electron chi connectivity index (χ0n) is 13.6. The molecule has 26 heavy (non-hydrogen) atoms. The lowest BCUT2D eigenvalue weighted by atomic mass is 10.00. The summed E-state index contributed by atoms with van der Waals surface area (Å²) in [5.74, 6) is -1.04. The molecule has 0 unspecified atom stereocenters. The molecule has 0 spiro atoms. The Balaban J connectivity index is 2.03. The van der Waals surface area contributed by atoms with Crippen molar-refractivity contribution in [2.75, 3.05) is 0 Å². The molecule has 5 nitrogen and oxygen atoms in total. The Morgan fingerprint density at radius 1 is 1.23 bits per heavy atom. The van der Waals surface area contributed by atoms with Crippen LogP contribution in [-0.2, 0) is 0 Å². The molecule has 1 atom stereocenters. The maximum absolute atomic E-state index is 14.4. The van der Waals surface area contributed by atoms with E-state index in [-0.39, 0.29) is 5.69 Å². The molecule has 1 aromatic heterocycles. The average molecular weight is 370 g/mol. The van der Waals surface area contributed by atoms with Crippen molar-refractivity contribution >= 4 is 23.3 Å². The number of imidazole rings is 1. The summed E-state index contributed by atoms with van der Waals surface area (Å²) in [6.07, 6.45) is 1.45. The number of carbonyl (C=O) groups is 1. The zero-order chi connectivity index (χ0) is 18.4. The van der Waals surface area contributed by atoms with Crippen LogP contribution in [0.4, 0.5) is 4.39 Å². The number of rotatable bonds is 2. The van der Waals surface area contributed by atoms with Crippen LogP contribution in [0.25, 0.3) is 5.69 Å². The van der Waals surface area contributed by atoms with Gasteiger partial charge in [-0.25, -0.2) is 14.2 Å². The smallest absolute Gasteiger partial charge is 0.356 e. The Morgan fingerprint density at radius 3 is 2.73 bits per heavy atom. The second-order valence-corrected chi connectivity index (χ2v) is 6.39. The number of halogens is 2. The van der Waals surface area contributed by atoms with E-state index < -0.39 is 17.8 Å². The number of nitrogens with zero attached hydrogens (tertiary/aromatic N) is 3. The molecule has 0 amide bonds. The summed E-state index contributed by atoms with van der Waals surface area (Å²) >= 11 is 6.17. The molecule has 1 aliphatic rings. The molecule has 1 aliphatic heterocycles. The monoisotopic (exact) mass is 369 g/mol. The van der Waals surface area contributed by atoms with E-state index in [4.69, 9.17) is 11.6 Å². The van der Waals surface area contributed by atoms with Gasteiger partial charge in [0.1, 0.15) is 17.7 Å². The number of benzene rings is 2. The van der Waals surface area contributed by atoms with Gasteiger partial charge in [-0.05, 0) is 37.3 Å². The molecule has 0 saturated carbocycles. The Labute approximate surface area is 153 Å². The quantitative estimate of drug-likeness (QED) is 0.733. The minimum Gasteiger partial charge on any atom is -0.476 e. The third kappa shape index (κ3) is 2.59. The zero-order valence-corrected chi connectivity index (χ0v) is 14.4. The molecule has 1 N–H and O–H groups in total. The highest BCUT2D eigenvalue weighted by molar-refractivity contribution is 6.31. The van der Waals surface area contributed by atoms with Crippen LogP contribution in [-0.4, -0.2) is 26.3 Å². The number of aromatic nitrogens is 2. The fourth-order valence-electron chi connectivity index (χ4n) is 3.08. The third-order valence-corrected chi connectivity index (χ3v) is 4.49. The van der Waals surface area contributed by atoms with Gasteiger partial charge in [-0.3, -0.25) is 4.99 Å². The molecule has 4 rings (SSSR count). The molecule has 7 heteroatoms. The first-order valence-corrected chi connectivity index (χ1v) is 8.29. The molecule has 3 aromatic rings. The fourth-order valence-corrected chi connectivity index (χ4v) is 3.25. The lowest BCUT2D eigenvalue weighted by Gasteiger charge is -2.12. The van der Waals surface area contributed by atoms with Crippen LogP contribution < -0.4 is 0 Å². The first kappa shape index (κ1) is 16.5. The topological polar surface area (TPSA) is 67.5 Å². The lowest BCUT2D eigenvalue weighted by molar-refractivity contribution is 0.0691. The number of aromatic carboxylic acids is 1. The Bertz CT molecular complexity index is 1070. The van der Waals surface area contributed by atoms with Crippen LogP contribution in [0.2, 0.25) is 5.02 Å². The van der Waals surface area contributed by atoms with Gasteiger partial charge in [0.2, 0.25) is 0 Å². The maximum atomic E-state index is 14.4. The van der Waals surface area contributed by atoms with Crippen molar-refractivity contribution in [2.45, 2.75) is 13.0 Å². The summed E-state index contributed by atoms with van der Waals surface area (Å²) in [6.45, 7) is 1.79. The van der Waals surface area contributed by atoms with Crippen LogP contribution in [0.15, 0.2) is 53.7 Å². The summed E-state index contributed by atoms with van der Waals surface area (Å²) < 4.78 is 16.1. The minimum atomic E-state index is -1.12. The van der Waals surface area contributed by atoms with E-state index in [0.29, 0.717) is 33.4 Å². The number of fused-ring (bicyclic) bond motifs is 3. The summed E-state index contributed by atoms with van der Waals surface area (Å²) in [5, 5.41) is 9.74. The van der Waals surface area contributed by atoms with Crippen molar-refractivity contribution in [2.24, 2.45) is 4.99 Å². The Kier molecular flexibility index (Phi) is 3.85. The van der Waals surface area contributed by atoms with Crippen molar-refractivity contribution in [3.8, 4) is 5.69 Å². The van der Waals surface area contributed by atoms with Gasteiger partial charge in [0.15, 0.2) is 5.69 Å². The maximum Gasteiger partial charge on any atom is 0.356 e. The van der Waals surface area contributed by atoms with Gasteiger partial charge in [0, 0.05) is 22.3 Å². The van der Waals surface area contributed by atoms with E-state index >= 15 is 0 Å². The molecule has 2 heterocycles. The standard InChI is InChI=1S/C19H13ClFN3O2/c1-10-18-23-15(19(25)26)9-24(18)16-7-6-11(20)8-13(16)17(22-10)12-4-2-3-5-14(12)21/h2-10H,1H3,(H,25,26)/t10-/m0/s1. The second kappa shape index (κ2) is 6.07. The van der Waals surface area contributed by atoms with Crippen LogP contribution in [0.1, 0.15) is 40.4 Å². The van der Waals surface area contributed by atoms with Gasteiger partial charge in [-0.15, -0.1) is 0 Å². The normalized spacial score (nSPS) is 15.7. The third-order valence-electron chi connectivity index (χ3n) is 4.25. The van der Waals surface area contributed by atoms with Crippen molar-refractivity contribution < 1.29 is 14.3 Å². The van der Waals surface area contributed by atoms with E-state index in [9.17, 15) is 14.3 Å². The van der Waals surface area contributed by atoms with Crippen LogP contribution in [0.3, 0.4) is 0 Å². The van der Waals surface area contributed by atoms with Crippen LogP contribution in [0.5, 0.6) is 0 Å². The molecule has 2 aromatic carbocycles. The minimum absolute atomic E-state index is 0.0720. The molecule has 0 aliphatic carbocycles. The second-order valence-electron chi connectivity index (χ2n) is 5.95. The van der Waals surface area contributed by atoms with Crippen molar-refractivity contribution in [1.82, 2.24) is 9.55 Å². The van der Waals surface area contributed by atoms with E-state index in [2.05, 4.69) is 9.98 Å². The van der Waals surface area contributed by atoms with Gasteiger partial charge >= 0.3 is 5.97 Å². The van der Waals surface area contributed by atoms with E-state index in [0.717, 1.165) is 0 Å². The number of hydrogen-bond acceptors (Lipinski definition) is 3. The molecular weight excluding hydrogens is 357 g/mol. The van der Waals surface area contributed by atoms with Gasteiger partial charge in [0.05, 0.1) is 11.4 Å². The molecule has 0 bridgehead atoms. The first-order chi connectivity index (χ1) is 12.5. The highest BCUT2D eigenvalue weighted by Gasteiger charge is 2.27. The first-order valence-electron chi connectivity index (χ1n) is 7.91. The van der Waals surface area contributed by atoms with Gasteiger partial charge < -0.3 is 9.67 Å². The predicted molar refractivity (Wildman–Crippen MR) is 96.0 cm³/mol. The SMILES string of the molecule is C[C@@H]1N=C(c2ccccc2F)c2cc(Cl)ccc2-n2cc(C(=O)O)nc21. The highest BCUT2D eigenvalue weighted by Crippen LogP contribution is 2.32. The summed E-state index contributed by atoms with van der Waals surface area (Å²) in [6, 6.07) is 11.1. The summed E-state index contributed by atoms with van der Waals surface area (Å²) in [5.41, 5.74) is 2.00. The largest absolute Gasteiger partial charge is 0.476 e. The summed E-state index contributed by atoms with van der Waals surface area (Å²) in [7, 11) is 0. The number of carboxylic acid groups (broad SMARTS) is 1. The Hall–Kier alpha value is -2.99. The van der Waals surface area contributed by atoms with E-state index in [1.807, 2.05) is 0 Å². The Morgan fingerprint density at radius 2 is 2.00 bits per heavy atom. The predicted octanol–water partition coefficient (Wildman–Crippen LogP) is 4.28.